The van der Waals surface area contributed by atoms with Gasteiger partial charge in [0.2, 0.25) is 0 Å². The van der Waals surface area contributed by atoms with Crippen LogP contribution >= 0.6 is 11.3 Å². The molecular weight excluding hydrogens is 215 g/mol. The second-order valence-electron chi connectivity index (χ2n) is 3.37. The van der Waals surface area contributed by atoms with E-state index in [0.29, 0.717) is 15.6 Å². The van der Waals surface area contributed by atoms with Gasteiger partial charge < -0.3 is 5.11 Å². The number of carboxylic acids is 1. The van der Waals surface area contributed by atoms with E-state index in [4.69, 9.17) is 5.11 Å². The Morgan fingerprint density at radius 3 is 2.93 bits per heavy atom. The Hall–Kier alpha value is -1.42. The average Bonchev–Trinajstić information content (AvgIpc) is 2.61. The van der Waals surface area contributed by atoms with Crippen LogP contribution in [-0.4, -0.2) is 11.1 Å². The van der Waals surface area contributed by atoms with Gasteiger partial charge in [0.1, 0.15) is 5.82 Å². The molecule has 2 aromatic rings. The number of carboxylic acid groups (broad SMARTS) is 1. The molecule has 0 aliphatic heterocycles. The lowest BCUT2D eigenvalue weighted by Gasteiger charge is -2.04. The van der Waals surface area contributed by atoms with Crippen LogP contribution in [0.25, 0.3) is 10.1 Å². The van der Waals surface area contributed by atoms with Crippen LogP contribution in [-0.2, 0) is 4.79 Å². The lowest BCUT2D eigenvalue weighted by Crippen LogP contribution is -2.06. The normalized spacial score (nSPS) is 12.9. The topological polar surface area (TPSA) is 37.3 Å². The first kappa shape index (κ1) is 10.1. The molecule has 4 heteroatoms. The third-order valence-corrected chi connectivity index (χ3v) is 3.44. The molecule has 1 N–H and O–H groups in total. The summed E-state index contributed by atoms with van der Waals surface area (Å²) in [4.78, 5) is 10.8. The molecule has 0 amide bonds. The molecule has 0 aliphatic carbocycles. The molecule has 0 fully saturated rings. The van der Waals surface area contributed by atoms with Crippen LogP contribution in [0, 0.1) is 5.82 Å². The van der Waals surface area contributed by atoms with Gasteiger partial charge in [-0.05, 0) is 29.3 Å². The maximum absolute atomic E-state index is 13.3. The molecule has 0 spiro atoms. The molecule has 1 heterocycles. The van der Waals surface area contributed by atoms with Crippen LogP contribution in [0.3, 0.4) is 0 Å². The Balaban J connectivity index is 2.64. The van der Waals surface area contributed by atoms with Gasteiger partial charge in [0.25, 0.3) is 0 Å². The predicted octanol–water partition coefficient (Wildman–Crippen LogP) is 3.23. The third-order valence-electron chi connectivity index (χ3n) is 2.42. The molecule has 0 bridgehead atoms. The predicted molar refractivity (Wildman–Crippen MR) is 57.8 cm³/mol. The molecule has 0 radical (unpaired) electrons. The Morgan fingerprint density at radius 2 is 2.27 bits per heavy atom. The number of thiophene rings is 1. The molecule has 2 nitrogen and oxygen atoms in total. The lowest BCUT2D eigenvalue weighted by atomic mass is 10.0. The van der Waals surface area contributed by atoms with Gasteiger partial charge in [0.15, 0.2) is 0 Å². The molecule has 2 rings (SSSR count). The van der Waals surface area contributed by atoms with E-state index in [1.165, 1.54) is 17.4 Å². The van der Waals surface area contributed by atoms with Gasteiger partial charge in [0.05, 0.1) is 10.6 Å². The highest BCUT2D eigenvalue weighted by Gasteiger charge is 2.18. The van der Waals surface area contributed by atoms with Crippen LogP contribution in [0.15, 0.2) is 23.6 Å². The zero-order valence-electron chi connectivity index (χ0n) is 8.03. The minimum absolute atomic E-state index is 0.290. The first-order valence-electron chi connectivity index (χ1n) is 4.49. The molecule has 0 saturated carbocycles. The number of carbonyl (C=O) groups is 1. The maximum atomic E-state index is 13.3. The largest absolute Gasteiger partial charge is 0.481 e. The minimum atomic E-state index is -0.890. The maximum Gasteiger partial charge on any atom is 0.310 e. The van der Waals surface area contributed by atoms with Crippen molar-refractivity contribution in [3.63, 3.8) is 0 Å². The van der Waals surface area contributed by atoms with E-state index in [2.05, 4.69) is 0 Å². The molecule has 0 saturated heterocycles. The van der Waals surface area contributed by atoms with E-state index < -0.39 is 11.9 Å². The SMILES string of the molecule is CC(C(=O)O)c1csc2c(F)cccc12. The molecule has 1 aromatic heterocycles. The van der Waals surface area contributed by atoms with Gasteiger partial charge in [-0.25, -0.2) is 4.39 Å². The molecular formula is C11H9FO2S. The Kier molecular flexibility index (Phi) is 2.44. The molecule has 1 aromatic carbocycles. The summed E-state index contributed by atoms with van der Waals surface area (Å²) in [6.07, 6.45) is 0. The summed E-state index contributed by atoms with van der Waals surface area (Å²) in [7, 11) is 0. The summed E-state index contributed by atoms with van der Waals surface area (Å²) < 4.78 is 13.9. The van der Waals surface area contributed by atoms with Crippen LogP contribution in [0.2, 0.25) is 0 Å². The molecule has 1 atom stereocenters. The van der Waals surface area contributed by atoms with Gasteiger partial charge in [-0.15, -0.1) is 11.3 Å². The van der Waals surface area contributed by atoms with E-state index in [-0.39, 0.29) is 5.82 Å². The van der Waals surface area contributed by atoms with Gasteiger partial charge in [-0.2, -0.15) is 0 Å². The fourth-order valence-corrected chi connectivity index (χ4v) is 2.58. The fraction of sp³-hybridized carbons (Fsp3) is 0.182. The molecule has 1 unspecified atom stereocenters. The summed E-state index contributed by atoms with van der Waals surface area (Å²) in [5.41, 5.74) is 0.682. The lowest BCUT2D eigenvalue weighted by molar-refractivity contribution is -0.138. The number of halogens is 1. The summed E-state index contributed by atoms with van der Waals surface area (Å²) in [5.74, 6) is -1.78. The van der Waals surface area contributed by atoms with E-state index >= 15 is 0 Å². The highest BCUT2D eigenvalue weighted by atomic mass is 32.1. The first-order chi connectivity index (χ1) is 7.11. The fourth-order valence-electron chi connectivity index (χ4n) is 1.51. The van der Waals surface area contributed by atoms with Crippen LogP contribution in [0.5, 0.6) is 0 Å². The van der Waals surface area contributed by atoms with E-state index in [1.807, 2.05) is 0 Å². The second-order valence-corrected chi connectivity index (χ2v) is 4.25. The Labute approximate surface area is 90.0 Å². The number of aliphatic carboxylic acids is 1. The summed E-state index contributed by atoms with van der Waals surface area (Å²) in [5, 5.41) is 11.3. The highest BCUT2D eigenvalue weighted by molar-refractivity contribution is 7.17. The quantitative estimate of drug-likeness (QED) is 0.850. The highest BCUT2D eigenvalue weighted by Crippen LogP contribution is 2.32. The Bertz CT molecular complexity index is 518. The van der Waals surface area contributed by atoms with Crippen molar-refractivity contribution in [2.45, 2.75) is 12.8 Å². The van der Waals surface area contributed by atoms with Crippen molar-refractivity contribution in [3.05, 3.63) is 35.0 Å². The van der Waals surface area contributed by atoms with Crippen molar-refractivity contribution in [1.82, 2.24) is 0 Å². The van der Waals surface area contributed by atoms with Crippen molar-refractivity contribution >= 4 is 27.4 Å². The minimum Gasteiger partial charge on any atom is -0.481 e. The van der Waals surface area contributed by atoms with E-state index in [0.717, 1.165) is 0 Å². The number of benzene rings is 1. The number of hydrogen-bond acceptors (Lipinski definition) is 2. The van der Waals surface area contributed by atoms with Crippen molar-refractivity contribution in [2.75, 3.05) is 0 Å². The van der Waals surface area contributed by atoms with Crippen molar-refractivity contribution in [3.8, 4) is 0 Å². The summed E-state index contributed by atoms with van der Waals surface area (Å²) in [6.45, 7) is 1.61. The third kappa shape index (κ3) is 1.61. The van der Waals surface area contributed by atoms with Gasteiger partial charge >= 0.3 is 5.97 Å². The first-order valence-corrected chi connectivity index (χ1v) is 5.37. The summed E-state index contributed by atoms with van der Waals surface area (Å²) in [6, 6.07) is 4.74. The van der Waals surface area contributed by atoms with Crippen LogP contribution < -0.4 is 0 Å². The molecule has 78 valence electrons. The van der Waals surface area contributed by atoms with Crippen molar-refractivity contribution in [1.29, 1.82) is 0 Å². The Morgan fingerprint density at radius 1 is 1.53 bits per heavy atom. The van der Waals surface area contributed by atoms with Crippen LogP contribution in [0.1, 0.15) is 18.4 Å². The monoisotopic (exact) mass is 224 g/mol. The van der Waals surface area contributed by atoms with Gasteiger partial charge in [-0.1, -0.05) is 12.1 Å². The van der Waals surface area contributed by atoms with Crippen molar-refractivity contribution in [2.24, 2.45) is 0 Å². The molecule has 15 heavy (non-hydrogen) atoms. The van der Waals surface area contributed by atoms with Gasteiger partial charge in [0, 0.05) is 0 Å². The zero-order chi connectivity index (χ0) is 11.0. The number of hydrogen-bond donors (Lipinski definition) is 1. The smallest absolute Gasteiger partial charge is 0.310 e. The average molecular weight is 224 g/mol. The molecule has 0 aliphatic rings. The van der Waals surface area contributed by atoms with Gasteiger partial charge in [-0.3, -0.25) is 4.79 Å². The van der Waals surface area contributed by atoms with Crippen LogP contribution in [0.4, 0.5) is 4.39 Å². The number of rotatable bonds is 2. The van der Waals surface area contributed by atoms with E-state index in [1.54, 1.807) is 24.4 Å². The van der Waals surface area contributed by atoms with Crippen molar-refractivity contribution < 1.29 is 14.3 Å². The zero-order valence-corrected chi connectivity index (χ0v) is 8.84. The summed E-state index contributed by atoms with van der Waals surface area (Å²) >= 11 is 1.25. The second kappa shape index (κ2) is 3.62. The standard InChI is InChI=1S/C11H9FO2S/c1-6(11(13)14)8-5-15-10-7(8)3-2-4-9(10)12/h2-6H,1H3,(H,13,14). The number of fused-ring (bicyclic) bond motifs is 1. The van der Waals surface area contributed by atoms with E-state index in [9.17, 15) is 9.18 Å².